The molecule has 0 bridgehead atoms. The maximum absolute atomic E-state index is 13.7. The SMILES string of the molecule is COc1ccc(CN[C@@H](C)c2ccc(OCCO)c(OC)c2)cc1F. The molecule has 0 unspecified atom stereocenters. The summed E-state index contributed by atoms with van der Waals surface area (Å²) in [6, 6.07) is 10.6. The highest BCUT2D eigenvalue weighted by atomic mass is 19.1. The van der Waals surface area contributed by atoms with Gasteiger partial charge in [0.05, 0.1) is 20.8 Å². The fourth-order valence-electron chi connectivity index (χ4n) is 2.44. The minimum atomic E-state index is -0.374. The van der Waals surface area contributed by atoms with Gasteiger partial charge in [0.2, 0.25) is 0 Å². The Morgan fingerprint density at radius 3 is 2.40 bits per heavy atom. The van der Waals surface area contributed by atoms with Crippen molar-refractivity contribution in [3.8, 4) is 17.2 Å². The van der Waals surface area contributed by atoms with Crippen molar-refractivity contribution in [3.63, 3.8) is 0 Å². The first kappa shape index (κ1) is 19.0. The van der Waals surface area contributed by atoms with Crippen LogP contribution in [-0.4, -0.2) is 32.5 Å². The molecule has 25 heavy (non-hydrogen) atoms. The highest BCUT2D eigenvalue weighted by Crippen LogP contribution is 2.30. The molecular weight excluding hydrogens is 325 g/mol. The zero-order valence-corrected chi connectivity index (χ0v) is 14.7. The molecule has 0 saturated heterocycles. The van der Waals surface area contributed by atoms with Gasteiger partial charge in [0, 0.05) is 12.6 Å². The van der Waals surface area contributed by atoms with Crippen LogP contribution in [0.2, 0.25) is 0 Å². The Morgan fingerprint density at radius 2 is 1.76 bits per heavy atom. The van der Waals surface area contributed by atoms with E-state index >= 15 is 0 Å². The van der Waals surface area contributed by atoms with Crippen LogP contribution >= 0.6 is 0 Å². The van der Waals surface area contributed by atoms with E-state index in [0.717, 1.165) is 11.1 Å². The number of hydrogen-bond acceptors (Lipinski definition) is 5. The Kier molecular flexibility index (Phi) is 7.03. The van der Waals surface area contributed by atoms with Crippen LogP contribution < -0.4 is 19.5 Å². The van der Waals surface area contributed by atoms with E-state index in [-0.39, 0.29) is 30.8 Å². The molecule has 0 spiro atoms. The predicted octanol–water partition coefficient (Wildman–Crippen LogP) is 3.06. The third-order valence-corrected chi connectivity index (χ3v) is 3.87. The predicted molar refractivity (Wildman–Crippen MR) is 93.8 cm³/mol. The standard InChI is InChI=1S/C19H24FNO4/c1-13(21-12-14-4-6-17(23-2)16(20)10-14)15-5-7-18(25-9-8-22)19(11-15)24-3/h4-7,10-11,13,21-22H,8-9,12H2,1-3H3/t13-/m0/s1. The van der Waals surface area contributed by atoms with Crippen LogP contribution in [0.25, 0.3) is 0 Å². The van der Waals surface area contributed by atoms with Gasteiger partial charge in [-0.25, -0.2) is 4.39 Å². The average molecular weight is 349 g/mol. The molecule has 0 saturated carbocycles. The van der Waals surface area contributed by atoms with Gasteiger partial charge in [-0.1, -0.05) is 12.1 Å². The number of aliphatic hydroxyl groups excluding tert-OH is 1. The van der Waals surface area contributed by atoms with Crippen molar-refractivity contribution in [1.82, 2.24) is 5.32 Å². The minimum Gasteiger partial charge on any atom is -0.494 e. The third kappa shape index (κ3) is 5.08. The number of methoxy groups -OCH3 is 2. The molecule has 2 aromatic rings. The van der Waals surface area contributed by atoms with Gasteiger partial charge in [0.15, 0.2) is 23.1 Å². The highest BCUT2D eigenvalue weighted by molar-refractivity contribution is 5.43. The summed E-state index contributed by atoms with van der Waals surface area (Å²) in [7, 11) is 3.02. The molecule has 1 atom stereocenters. The minimum absolute atomic E-state index is 0.0333. The molecule has 0 aromatic heterocycles. The average Bonchev–Trinajstić information content (AvgIpc) is 2.64. The fraction of sp³-hybridized carbons (Fsp3) is 0.368. The van der Waals surface area contributed by atoms with E-state index in [1.54, 1.807) is 13.2 Å². The molecule has 0 aliphatic carbocycles. The Morgan fingerprint density at radius 1 is 1.04 bits per heavy atom. The molecule has 0 aliphatic rings. The van der Waals surface area contributed by atoms with Crippen molar-refractivity contribution in [3.05, 3.63) is 53.3 Å². The van der Waals surface area contributed by atoms with Crippen LogP contribution in [0, 0.1) is 5.82 Å². The van der Waals surface area contributed by atoms with E-state index in [4.69, 9.17) is 19.3 Å². The van der Waals surface area contributed by atoms with Gasteiger partial charge in [0.1, 0.15) is 6.61 Å². The quantitative estimate of drug-likeness (QED) is 0.729. The van der Waals surface area contributed by atoms with Crippen molar-refractivity contribution in [2.75, 3.05) is 27.4 Å². The van der Waals surface area contributed by atoms with Crippen LogP contribution in [-0.2, 0) is 6.54 Å². The number of ether oxygens (including phenoxy) is 3. The van der Waals surface area contributed by atoms with Gasteiger partial charge < -0.3 is 24.6 Å². The highest BCUT2D eigenvalue weighted by Gasteiger charge is 2.11. The van der Waals surface area contributed by atoms with Gasteiger partial charge in [-0.15, -0.1) is 0 Å². The van der Waals surface area contributed by atoms with Crippen molar-refractivity contribution in [2.24, 2.45) is 0 Å². The summed E-state index contributed by atoms with van der Waals surface area (Å²) in [6.07, 6.45) is 0. The normalized spacial score (nSPS) is 11.9. The summed E-state index contributed by atoms with van der Waals surface area (Å²) in [4.78, 5) is 0. The molecule has 2 aromatic carbocycles. The topological polar surface area (TPSA) is 60.0 Å². The summed E-state index contributed by atoms with van der Waals surface area (Å²) >= 11 is 0. The molecule has 5 nitrogen and oxygen atoms in total. The molecule has 0 amide bonds. The fourth-order valence-corrected chi connectivity index (χ4v) is 2.44. The number of halogens is 1. The van der Waals surface area contributed by atoms with E-state index in [1.165, 1.54) is 13.2 Å². The lowest BCUT2D eigenvalue weighted by Gasteiger charge is -2.17. The second kappa shape index (κ2) is 9.25. The molecular formula is C19H24FNO4. The van der Waals surface area contributed by atoms with Gasteiger partial charge in [-0.05, 0) is 42.3 Å². The molecule has 136 valence electrons. The first-order valence-electron chi connectivity index (χ1n) is 8.06. The van der Waals surface area contributed by atoms with Crippen molar-refractivity contribution in [1.29, 1.82) is 0 Å². The number of hydrogen-bond donors (Lipinski definition) is 2. The summed E-state index contributed by atoms with van der Waals surface area (Å²) in [5.74, 6) is 1.06. The third-order valence-electron chi connectivity index (χ3n) is 3.87. The Bertz CT molecular complexity index is 693. The second-order valence-corrected chi connectivity index (χ2v) is 5.55. The van der Waals surface area contributed by atoms with E-state index in [0.29, 0.717) is 18.0 Å². The summed E-state index contributed by atoms with van der Waals surface area (Å²) in [5, 5.41) is 12.2. The lowest BCUT2D eigenvalue weighted by molar-refractivity contribution is 0.196. The molecule has 2 N–H and O–H groups in total. The van der Waals surface area contributed by atoms with Crippen LogP contribution in [0.15, 0.2) is 36.4 Å². The molecule has 6 heteroatoms. The summed E-state index contributed by atoms with van der Waals surface area (Å²) < 4.78 is 29.4. The molecule has 0 fully saturated rings. The van der Waals surface area contributed by atoms with Crippen LogP contribution in [0.1, 0.15) is 24.1 Å². The lowest BCUT2D eigenvalue weighted by atomic mass is 10.1. The maximum Gasteiger partial charge on any atom is 0.165 e. The van der Waals surface area contributed by atoms with Crippen LogP contribution in [0.5, 0.6) is 17.2 Å². The van der Waals surface area contributed by atoms with Gasteiger partial charge in [-0.3, -0.25) is 0 Å². The lowest BCUT2D eigenvalue weighted by Crippen LogP contribution is -2.18. The van der Waals surface area contributed by atoms with Gasteiger partial charge >= 0.3 is 0 Å². The molecule has 0 aliphatic heterocycles. The first-order chi connectivity index (χ1) is 12.1. The second-order valence-electron chi connectivity index (χ2n) is 5.55. The van der Waals surface area contributed by atoms with Gasteiger partial charge in [0.25, 0.3) is 0 Å². The van der Waals surface area contributed by atoms with Crippen LogP contribution in [0.4, 0.5) is 4.39 Å². The number of benzene rings is 2. The smallest absolute Gasteiger partial charge is 0.165 e. The number of aliphatic hydroxyl groups is 1. The zero-order valence-electron chi connectivity index (χ0n) is 14.7. The van der Waals surface area contributed by atoms with Crippen molar-refractivity contribution >= 4 is 0 Å². The monoisotopic (exact) mass is 349 g/mol. The maximum atomic E-state index is 13.7. The summed E-state index contributed by atoms with van der Waals surface area (Å²) in [6.45, 7) is 2.70. The van der Waals surface area contributed by atoms with E-state index in [2.05, 4.69) is 5.32 Å². The van der Waals surface area contributed by atoms with E-state index < -0.39 is 0 Å². The van der Waals surface area contributed by atoms with E-state index in [1.807, 2.05) is 31.2 Å². The largest absolute Gasteiger partial charge is 0.494 e. The molecule has 0 radical (unpaired) electrons. The number of rotatable bonds is 9. The van der Waals surface area contributed by atoms with Gasteiger partial charge in [-0.2, -0.15) is 0 Å². The van der Waals surface area contributed by atoms with Crippen molar-refractivity contribution in [2.45, 2.75) is 19.5 Å². The molecule has 2 rings (SSSR count). The Hall–Kier alpha value is -2.31. The Balaban J connectivity index is 2.02. The van der Waals surface area contributed by atoms with Crippen LogP contribution in [0.3, 0.4) is 0 Å². The molecule has 0 heterocycles. The van der Waals surface area contributed by atoms with Crippen molar-refractivity contribution < 1.29 is 23.7 Å². The van der Waals surface area contributed by atoms with E-state index in [9.17, 15) is 4.39 Å². The number of nitrogens with one attached hydrogen (secondary N) is 1. The summed E-state index contributed by atoms with van der Waals surface area (Å²) in [5.41, 5.74) is 1.85. The zero-order chi connectivity index (χ0) is 18.2. The Labute approximate surface area is 147 Å². The first-order valence-corrected chi connectivity index (χ1v) is 8.06.